The number of rotatable bonds is 5. The first kappa shape index (κ1) is 15.0. The molecule has 0 aromatic heterocycles. The number of benzene rings is 1. The summed E-state index contributed by atoms with van der Waals surface area (Å²) in [5.41, 5.74) is 1.08. The van der Waals surface area contributed by atoms with Gasteiger partial charge in [-0.05, 0) is 44.7 Å². The second-order valence-corrected chi connectivity index (χ2v) is 6.79. The number of halogens is 1. The number of hydrogen-bond donors (Lipinski definition) is 0. The lowest BCUT2D eigenvalue weighted by atomic mass is 9.97. The van der Waals surface area contributed by atoms with Crippen LogP contribution in [0.1, 0.15) is 45.6 Å². The molecule has 2 atom stereocenters. The van der Waals surface area contributed by atoms with E-state index in [1.807, 2.05) is 18.2 Å². The molecule has 1 aromatic rings. The minimum Gasteiger partial charge on any atom is -0.374 e. The summed E-state index contributed by atoms with van der Waals surface area (Å²) in [6.07, 6.45) is 3.26. The van der Waals surface area contributed by atoms with Gasteiger partial charge in [-0.2, -0.15) is 0 Å². The Morgan fingerprint density at radius 2 is 1.89 bits per heavy atom. The molecule has 2 unspecified atom stereocenters. The van der Waals surface area contributed by atoms with Gasteiger partial charge in [0.1, 0.15) is 0 Å². The van der Waals surface area contributed by atoms with Crippen LogP contribution < -0.4 is 0 Å². The molecule has 0 spiro atoms. The van der Waals surface area contributed by atoms with Crippen molar-refractivity contribution in [3.63, 3.8) is 0 Å². The molecular weight excluding hydrogens is 304 g/mol. The Morgan fingerprint density at radius 3 is 2.53 bits per heavy atom. The molecule has 1 heterocycles. The van der Waals surface area contributed by atoms with Crippen LogP contribution in [-0.4, -0.2) is 17.8 Å². The van der Waals surface area contributed by atoms with Gasteiger partial charge in [-0.1, -0.05) is 41.1 Å². The van der Waals surface area contributed by atoms with Gasteiger partial charge in [0.2, 0.25) is 0 Å². The summed E-state index contributed by atoms with van der Waals surface area (Å²) in [6.45, 7) is 7.83. The Labute approximate surface area is 124 Å². The molecule has 0 aliphatic carbocycles. The smallest absolute Gasteiger partial charge is 0.0895 e. The first-order valence-corrected chi connectivity index (χ1v) is 7.77. The van der Waals surface area contributed by atoms with Crippen molar-refractivity contribution >= 4 is 15.9 Å². The van der Waals surface area contributed by atoms with Crippen LogP contribution in [-0.2, 0) is 16.1 Å². The van der Waals surface area contributed by atoms with Crippen molar-refractivity contribution in [2.45, 2.75) is 57.8 Å². The first-order chi connectivity index (χ1) is 8.96. The molecule has 19 heavy (non-hydrogen) atoms. The highest BCUT2D eigenvalue weighted by Gasteiger charge is 2.42. The van der Waals surface area contributed by atoms with Crippen molar-refractivity contribution in [1.29, 1.82) is 0 Å². The highest BCUT2D eigenvalue weighted by Crippen LogP contribution is 2.39. The molecular formula is C16H23BrO2. The summed E-state index contributed by atoms with van der Waals surface area (Å²) in [5.74, 6) is 0. The molecule has 1 saturated heterocycles. The first-order valence-electron chi connectivity index (χ1n) is 6.98. The van der Waals surface area contributed by atoms with Crippen LogP contribution in [0, 0.1) is 0 Å². The van der Waals surface area contributed by atoms with E-state index in [9.17, 15) is 0 Å². The Hall–Kier alpha value is -0.380. The monoisotopic (exact) mass is 326 g/mol. The SMILES string of the molecule is CCC1(C)CCC(C)(COCc2ccccc2Br)O1. The lowest BCUT2D eigenvalue weighted by molar-refractivity contribution is -0.123. The Balaban J connectivity index is 1.85. The molecule has 3 heteroatoms. The van der Waals surface area contributed by atoms with Gasteiger partial charge in [0, 0.05) is 4.47 Å². The molecule has 1 fully saturated rings. The molecule has 0 saturated carbocycles. The molecule has 2 rings (SSSR count). The fourth-order valence-electron chi connectivity index (χ4n) is 2.57. The fourth-order valence-corrected chi connectivity index (χ4v) is 2.97. The molecule has 1 aromatic carbocycles. The molecule has 1 aliphatic heterocycles. The van der Waals surface area contributed by atoms with Crippen molar-refractivity contribution in [2.24, 2.45) is 0 Å². The highest BCUT2D eigenvalue weighted by atomic mass is 79.9. The van der Waals surface area contributed by atoms with E-state index in [1.54, 1.807) is 0 Å². The van der Waals surface area contributed by atoms with Crippen LogP contribution in [0.15, 0.2) is 28.7 Å². The molecule has 2 nitrogen and oxygen atoms in total. The minimum atomic E-state index is -0.133. The van der Waals surface area contributed by atoms with Gasteiger partial charge in [0.15, 0.2) is 0 Å². The average Bonchev–Trinajstić information content (AvgIpc) is 2.69. The molecule has 0 bridgehead atoms. The Morgan fingerprint density at radius 1 is 1.21 bits per heavy atom. The topological polar surface area (TPSA) is 18.5 Å². The van der Waals surface area contributed by atoms with Crippen molar-refractivity contribution in [3.8, 4) is 0 Å². The summed E-state index contributed by atoms with van der Waals surface area (Å²) in [7, 11) is 0. The lowest BCUT2D eigenvalue weighted by Gasteiger charge is -2.29. The van der Waals surface area contributed by atoms with E-state index >= 15 is 0 Å². The van der Waals surface area contributed by atoms with Gasteiger partial charge < -0.3 is 9.47 Å². The van der Waals surface area contributed by atoms with Crippen molar-refractivity contribution in [2.75, 3.05) is 6.61 Å². The highest BCUT2D eigenvalue weighted by molar-refractivity contribution is 9.10. The van der Waals surface area contributed by atoms with E-state index in [0.717, 1.165) is 23.7 Å². The van der Waals surface area contributed by atoms with Crippen molar-refractivity contribution in [3.05, 3.63) is 34.3 Å². The largest absolute Gasteiger partial charge is 0.374 e. The maximum absolute atomic E-state index is 6.22. The lowest BCUT2D eigenvalue weighted by Crippen LogP contribution is -2.34. The Bertz CT molecular complexity index is 435. The van der Waals surface area contributed by atoms with Crippen LogP contribution in [0.25, 0.3) is 0 Å². The fraction of sp³-hybridized carbons (Fsp3) is 0.625. The zero-order valence-electron chi connectivity index (χ0n) is 12.0. The number of ether oxygens (including phenoxy) is 2. The normalized spacial score (nSPS) is 30.7. The van der Waals surface area contributed by atoms with Gasteiger partial charge in [-0.3, -0.25) is 0 Å². The predicted octanol–water partition coefficient (Wildman–Crippen LogP) is 4.70. The predicted molar refractivity (Wildman–Crippen MR) is 81.2 cm³/mol. The van der Waals surface area contributed by atoms with Gasteiger partial charge in [0.05, 0.1) is 24.4 Å². The van der Waals surface area contributed by atoms with Crippen LogP contribution >= 0.6 is 15.9 Å². The van der Waals surface area contributed by atoms with Crippen molar-refractivity contribution < 1.29 is 9.47 Å². The zero-order valence-corrected chi connectivity index (χ0v) is 13.6. The van der Waals surface area contributed by atoms with E-state index in [1.165, 1.54) is 5.56 Å². The van der Waals surface area contributed by atoms with Crippen LogP contribution in [0.4, 0.5) is 0 Å². The second kappa shape index (κ2) is 5.94. The summed E-state index contributed by atoms with van der Waals surface area (Å²) in [5, 5.41) is 0. The Kier molecular flexibility index (Phi) is 4.70. The van der Waals surface area contributed by atoms with E-state index < -0.39 is 0 Å². The summed E-state index contributed by atoms with van der Waals surface area (Å²) < 4.78 is 13.2. The van der Waals surface area contributed by atoms with Gasteiger partial charge in [-0.25, -0.2) is 0 Å². The third-order valence-corrected chi connectivity index (χ3v) is 4.82. The van der Waals surface area contributed by atoms with E-state index in [0.29, 0.717) is 13.2 Å². The van der Waals surface area contributed by atoms with E-state index in [4.69, 9.17) is 9.47 Å². The summed E-state index contributed by atoms with van der Waals surface area (Å²) >= 11 is 3.54. The number of hydrogen-bond acceptors (Lipinski definition) is 2. The summed E-state index contributed by atoms with van der Waals surface area (Å²) in [6, 6.07) is 8.17. The maximum Gasteiger partial charge on any atom is 0.0895 e. The van der Waals surface area contributed by atoms with E-state index in [2.05, 4.69) is 42.8 Å². The third kappa shape index (κ3) is 3.80. The molecule has 106 valence electrons. The standard InChI is InChI=1S/C16H23BrO2/c1-4-15(2)9-10-16(3,19-15)12-18-11-13-7-5-6-8-14(13)17/h5-8H,4,9-12H2,1-3H3. The average molecular weight is 327 g/mol. The molecule has 0 N–H and O–H groups in total. The quantitative estimate of drug-likeness (QED) is 0.780. The molecule has 0 radical (unpaired) electrons. The van der Waals surface area contributed by atoms with Crippen LogP contribution in [0.3, 0.4) is 0 Å². The molecule has 1 aliphatic rings. The minimum absolute atomic E-state index is 0.0332. The van der Waals surface area contributed by atoms with Gasteiger partial charge in [-0.15, -0.1) is 0 Å². The zero-order chi connectivity index (χ0) is 13.9. The maximum atomic E-state index is 6.22. The third-order valence-electron chi connectivity index (χ3n) is 4.05. The van der Waals surface area contributed by atoms with Gasteiger partial charge >= 0.3 is 0 Å². The van der Waals surface area contributed by atoms with Crippen LogP contribution in [0.5, 0.6) is 0 Å². The van der Waals surface area contributed by atoms with Crippen LogP contribution in [0.2, 0.25) is 0 Å². The molecule has 0 amide bonds. The van der Waals surface area contributed by atoms with Crippen molar-refractivity contribution in [1.82, 2.24) is 0 Å². The second-order valence-electron chi connectivity index (χ2n) is 5.94. The van der Waals surface area contributed by atoms with Gasteiger partial charge in [0.25, 0.3) is 0 Å². The summed E-state index contributed by atoms with van der Waals surface area (Å²) in [4.78, 5) is 0. The van der Waals surface area contributed by atoms with E-state index in [-0.39, 0.29) is 11.2 Å².